The van der Waals surface area contributed by atoms with Gasteiger partial charge < -0.3 is 10.2 Å². The molecule has 2 rings (SSSR count). The predicted molar refractivity (Wildman–Crippen MR) is 141 cm³/mol. The average Bonchev–Trinajstić information content (AvgIpc) is 2.78. The van der Waals surface area contributed by atoms with Gasteiger partial charge in [0.15, 0.2) is 0 Å². The van der Waals surface area contributed by atoms with Crippen LogP contribution in [0.3, 0.4) is 0 Å². The third kappa shape index (κ3) is 8.62. The van der Waals surface area contributed by atoms with Crippen LogP contribution in [0.15, 0.2) is 54.6 Å². The van der Waals surface area contributed by atoms with Crippen LogP contribution in [-0.2, 0) is 26.0 Å². The van der Waals surface area contributed by atoms with Gasteiger partial charge in [0.05, 0.1) is 11.9 Å². The highest BCUT2D eigenvalue weighted by Crippen LogP contribution is 2.20. The standard InChI is InChI=1S/C24H32IN3O4S/c1-4-5-16-26-24(30)19(2)27(17-15-20-9-7-6-8-10-20)23(29)18-28(33(3,31)32)22-13-11-21(25)12-14-22/h6-14,19H,4-5,15-18H2,1-3H3,(H,26,30). The molecule has 0 fully saturated rings. The zero-order valence-corrected chi connectivity index (χ0v) is 22.3. The normalized spacial score (nSPS) is 12.1. The van der Waals surface area contributed by atoms with Crippen LogP contribution in [0, 0.1) is 3.57 Å². The second-order valence-electron chi connectivity index (χ2n) is 7.89. The van der Waals surface area contributed by atoms with Crippen LogP contribution in [-0.4, -0.2) is 57.1 Å². The van der Waals surface area contributed by atoms with E-state index >= 15 is 0 Å². The molecule has 0 saturated heterocycles. The van der Waals surface area contributed by atoms with Gasteiger partial charge in [-0.25, -0.2) is 8.42 Å². The summed E-state index contributed by atoms with van der Waals surface area (Å²) in [7, 11) is -3.71. The second kappa shape index (κ2) is 12.9. The first-order chi connectivity index (χ1) is 15.6. The van der Waals surface area contributed by atoms with Gasteiger partial charge in [-0.2, -0.15) is 0 Å². The Bertz CT molecular complexity index is 1010. The van der Waals surface area contributed by atoms with Gasteiger partial charge in [0.25, 0.3) is 0 Å². The van der Waals surface area contributed by atoms with E-state index < -0.39 is 22.0 Å². The van der Waals surface area contributed by atoms with Crippen LogP contribution in [0.1, 0.15) is 32.3 Å². The summed E-state index contributed by atoms with van der Waals surface area (Å²) in [5, 5.41) is 2.87. The van der Waals surface area contributed by atoms with Crippen molar-refractivity contribution in [2.24, 2.45) is 0 Å². The smallest absolute Gasteiger partial charge is 0.244 e. The van der Waals surface area contributed by atoms with E-state index in [0.717, 1.165) is 32.5 Å². The van der Waals surface area contributed by atoms with Crippen molar-refractivity contribution in [1.29, 1.82) is 0 Å². The highest BCUT2D eigenvalue weighted by molar-refractivity contribution is 14.1. The van der Waals surface area contributed by atoms with Crippen LogP contribution >= 0.6 is 22.6 Å². The number of benzene rings is 2. The summed E-state index contributed by atoms with van der Waals surface area (Å²) >= 11 is 2.14. The third-order valence-electron chi connectivity index (χ3n) is 5.27. The number of anilines is 1. The zero-order chi connectivity index (χ0) is 24.4. The van der Waals surface area contributed by atoms with E-state index in [1.54, 1.807) is 31.2 Å². The van der Waals surface area contributed by atoms with E-state index in [9.17, 15) is 18.0 Å². The van der Waals surface area contributed by atoms with E-state index in [1.165, 1.54) is 4.90 Å². The molecular formula is C24H32IN3O4S. The molecule has 1 N–H and O–H groups in total. The summed E-state index contributed by atoms with van der Waals surface area (Å²) in [5.41, 5.74) is 1.45. The van der Waals surface area contributed by atoms with Gasteiger partial charge >= 0.3 is 0 Å². The monoisotopic (exact) mass is 585 g/mol. The van der Waals surface area contributed by atoms with Crippen molar-refractivity contribution in [2.75, 3.05) is 30.2 Å². The van der Waals surface area contributed by atoms with E-state index in [-0.39, 0.29) is 12.5 Å². The summed E-state index contributed by atoms with van der Waals surface area (Å²) in [5.74, 6) is -0.668. The fourth-order valence-corrected chi connectivity index (χ4v) is 4.54. The maximum Gasteiger partial charge on any atom is 0.244 e. The van der Waals surface area contributed by atoms with Gasteiger partial charge in [0.2, 0.25) is 21.8 Å². The molecule has 2 amide bonds. The summed E-state index contributed by atoms with van der Waals surface area (Å²) in [4.78, 5) is 27.6. The van der Waals surface area contributed by atoms with E-state index in [4.69, 9.17) is 0 Å². The molecular weight excluding hydrogens is 553 g/mol. The fourth-order valence-electron chi connectivity index (χ4n) is 3.33. The first kappa shape index (κ1) is 27.1. The third-order valence-corrected chi connectivity index (χ3v) is 7.13. The van der Waals surface area contributed by atoms with Crippen molar-refractivity contribution < 1.29 is 18.0 Å². The molecule has 0 spiro atoms. The number of halogens is 1. The Hall–Kier alpha value is -2.14. The number of sulfonamides is 1. The van der Waals surface area contributed by atoms with Crippen molar-refractivity contribution in [1.82, 2.24) is 10.2 Å². The molecule has 0 radical (unpaired) electrons. The Morgan fingerprint density at radius 3 is 2.27 bits per heavy atom. The van der Waals surface area contributed by atoms with Crippen molar-refractivity contribution in [2.45, 2.75) is 39.2 Å². The summed E-state index contributed by atoms with van der Waals surface area (Å²) in [6.07, 6.45) is 3.44. The Labute approximate surface area is 210 Å². The Morgan fingerprint density at radius 2 is 1.70 bits per heavy atom. The number of carbonyl (C=O) groups excluding carboxylic acids is 2. The Kier molecular flexibility index (Phi) is 10.6. The minimum Gasteiger partial charge on any atom is -0.354 e. The lowest BCUT2D eigenvalue weighted by molar-refractivity contribution is -0.138. The molecule has 0 bridgehead atoms. The second-order valence-corrected chi connectivity index (χ2v) is 11.0. The SMILES string of the molecule is CCCCNC(=O)C(C)N(CCc1ccccc1)C(=O)CN(c1ccc(I)cc1)S(C)(=O)=O. The lowest BCUT2D eigenvalue weighted by Gasteiger charge is -2.31. The number of rotatable bonds is 12. The van der Waals surface area contributed by atoms with E-state index in [1.807, 2.05) is 37.3 Å². The first-order valence-corrected chi connectivity index (χ1v) is 13.9. The van der Waals surface area contributed by atoms with Crippen LogP contribution in [0.5, 0.6) is 0 Å². The van der Waals surface area contributed by atoms with Crippen molar-refractivity contribution in [3.05, 3.63) is 63.7 Å². The van der Waals surface area contributed by atoms with Crippen LogP contribution in [0.25, 0.3) is 0 Å². The maximum atomic E-state index is 13.4. The number of hydrogen-bond acceptors (Lipinski definition) is 4. The average molecular weight is 586 g/mol. The minimum atomic E-state index is -3.71. The molecule has 0 aliphatic rings. The maximum absolute atomic E-state index is 13.4. The number of unbranched alkanes of at least 4 members (excludes halogenated alkanes) is 1. The van der Waals surface area contributed by atoms with Crippen LogP contribution < -0.4 is 9.62 Å². The summed E-state index contributed by atoms with van der Waals surface area (Å²) < 4.78 is 27.1. The molecule has 2 aromatic rings. The number of amides is 2. The molecule has 7 nitrogen and oxygen atoms in total. The van der Waals surface area contributed by atoms with Gasteiger partial charge in [-0.3, -0.25) is 13.9 Å². The predicted octanol–water partition coefficient (Wildman–Crippen LogP) is 3.43. The lowest BCUT2D eigenvalue weighted by atomic mass is 10.1. The van der Waals surface area contributed by atoms with Crippen molar-refractivity contribution >= 4 is 50.1 Å². The highest BCUT2D eigenvalue weighted by atomic mass is 127. The van der Waals surface area contributed by atoms with Gasteiger partial charge in [-0.1, -0.05) is 43.7 Å². The first-order valence-electron chi connectivity index (χ1n) is 11.0. The topological polar surface area (TPSA) is 86.8 Å². The summed E-state index contributed by atoms with van der Waals surface area (Å²) in [6, 6.07) is 15.9. The molecule has 0 saturated carbocycles. The molecule has 0 aromatic heterocycles. The number of nitrogens with zero attached hydrogens (tertiary/aromatic N) is 2. The van der Waals surface area contributed by atoms with Gasteiger partial charge in [-0.15, -0.1) is 0 Å². The molecule has 0 heterocycles. The number of carbonyl (C=O) groups is 2. The molecule has 1 unspecified atom stereocenters. The van der Waals surface area contributed by atoms with E-state index in [2.05, 4.69) is 27.9 Å². The van der Waals surface area contributed by atoms with E-state index in [0.29, 0.717) is 25.2 Å². The molecule has 1 atom stereocenters. The number of nitrogens with one attached hydrogen (secondary N) is 1. The number of hydrogen-bond donors (Lipinski definition) is 1. The van der Waals surface area contributed by atoms with Crippen molar-refractivity contribution in [3.8, 4) is 0 Å². The lowest BCUT2D eigenvalue weighted by Crippen LogP contribution is -2.52. The molecule has 33 heavy (non-hydrogen) atoms. The quantitative estimate of drug-likeness (QED) is 0.306. The highest BCUT2D eigenvalue weighted by Gasteiger charge is 2.29. The van der Waals surface area contributed by atoms with Gasteiger partial charge in [0, 0.05) is 16.7 Å². The largest absolute Gasteiger partial charge is 0.354 e. The summed E-state index contributed by atoms with van der Waals surface area (Å²) in [6.45, 7) is 4.18. The van der Waals surface area contributed by atoms with Gasteiger partial charge in [-0.05, 0) is 72.2 Å². The minimum absolute atomic E-state index is 0.245. The zero-order valence-electron chi connectivity index (χ0n) is 19.3. The van der Waals surface area contributed by atoms with Crippen LogP contribution in [0.4, 0.5) is 5.69 Å². The molecule has 0 aliphatic carbocycles. The van der Waals surface area contributed by atoms with Gasteiger partial charge in [0.1, 0.15) is 12.6 Å². The molecule has 9 heteroatoms. The molecule has 180 valence electrons. The van der Waals surface area contributed by atoms with Crippen LogP contribution in [0.2, 0.25) is 0 Å². The van der Waals surface area contributed by atoms with Crippen molar-refractivity contribution in [3.63, 3.8) is 0 Å². The molecule has 2 aromatic carbocycles. The Morgan fingerprint density at radius 1 is 1.06 bits per heavy atom. The molecule has 0 aliphatic heterocycles. The fraction of sp³-hybridized carbons (Fsp3) is 0.417. The Balaban J connectivity index is 2.25.